The predicted octanol–water partition coefficient (Wildman–Crippen LogP) is 1.63. The second kappa shape index (κ2) is 9.54. The first-order valence-corrected chi connectivity index (χ1v) is 10.3. The summed E-state index contributed by atoms with van der Waals surface area (Å²) in [6.07, 6.45) is 3.06. The number of hydrogen-bond donors (Lipinski definition) is 3. The van der Waals surface area contributed by atoms with Crippen LogP contribution in [0, 0.1) is 5.92 Å². The van der Waals surface area contributed by atoms with Crippen LogP contribution in [0.25, 0.3) is 11.0 Å². The lowest BCUT2D eigenvalue weighted by molar-refractivity contribution is -0.115. The Morgan fingerprint density at radius 1 is 1.19 bits per heavy atom. The lowest BCUT2D eigenvalue weighted by Crippen LogP contribution is -2.36. The highest BCUT2D eigenvalue weighted by atomic mass is 16.2. The monoisotopic (exact) mass is 438 g/mol. The maximum absolute atomic E-state index is 13.0. The fourth-order valence-electron chi connectivity index (χ4n) is 3.20. The van der Waals surface area contributed by atoms with Crippen LogP contribution in [-0.4, -0.2) is 37.9 Å². The molecule has 0 bridgehead atoms. The third kappa shape index (κ3) is 5.08. The van der Waals surface area contributed by atoms with Gasteiger partial charge >= 0.3 is 5.69 Å². The van der Waals surface area contributed by atoms with Gasteiger partial charge in [0, 0.05) is 18.4 Å². The molecule has 0 radical (unpaired) electrons. The third-order valence-corrected chi connectivity index (χ3v) is 4.71. The van der Waals surface area contributed by atoms with Crippen molar-refractivity contribution in [3.63, 3.8) is 0 Å². The summed E-state index contributed by atoms with van der Waals surface area (Å²) < 4.78 is 1.37. The molecule has 0 aliphatic rings. The number of pyridine rings is 2. The van der Waals surface area contributed by atoms with Crippen molar-refractivity contribution >= 4 is 28.5 Å². The molecule has 10 nitrogen and oxygen atoms in total. The minimum Gasteiger partial charge on any atom is -0.343 e. The number of rotatable bonds is 7. The molecule has 0 saturated heterocycles. The molecule has 3 N–H and O–H groups in total. The van der Waals surface area contributed by atoms with Gasteiger partial charge in [0.25, 0.3) is 11.5 Å². The fraction of sp³-hybridized carbons (Fsp3) is 0.364. The lowest BCUT2D eigenvalue weighted by atomic mass is 10.0. The number of fused-ring (bicyclic) bond motifs is 1. The standard InChI is InChI=1S/C22H26N6O4/c1-12(2)11-28-19-18(21(31)27-22(28)32)15(8-16(26-19)13(3)4)20(30)24-10-17(29)25-14-6-5-7-23-9-14/h5-9,12-13H,10-11H2,1-4H3,(H,24,30)(H,25,29)(H,27,31,32). The van der Waals surface area contributed by atoms with E-state index < -0.39 is 23.1 Å². The van der Waals surface area contributed by atoms with Crippen molar-refractivity contribution in [3.05, 3.63) is 62.7 Å². The van der Waals surface area contributed by atoms with Crippen LogP contribution in [0.4, 0.5) is 5.69 Å². The van der Waals surface area contributed by atoms with Gasteiger partial charge in [-0.05, 0) is 30.0 Å². The molecule has 0 spiro atoms. The lowest BCUT2D eigenvalue weighted by Gasteiger charge is -2.16. The van der Waals surface area contributed by atoms with Gasteiger partial charge < -0.3 is 10.6 Å². The first-order valence-electron chi connectivity index (χ1n) is 10.3. The summed E-state index contributed by atoms with van der Waals surface area (Å²) in [5, 5.41) is 5.18. The molecule has 168 valence electrons. The van der Waals surface area contributed by atoms with Crippen molar-refractivity contribution < 1.29 is 9.59 Å². The predicted molar refractivity (Wildman–Crippen MR) is 121 cm³/mol. The van der Waals surface area contributed by atoms with Crippen molar-refractivity contribution in [2.45, 2.75) is 40.2 Å². The van der Waals surface area contributed by atoms with Gasteiger partial charge in [0.2, 0.25) is 5.91 Å². The Morgan fingerprint density at radius 2 is 1.94 bits per heavy atom. The zero-order valence-electron chi connectivity index (χ0n) is 18.4. The van der Waals surface area contributed by atoms with Crippen LogP contribution in [-0.2, 0) is 11.3 Å². The second-order valence-corrected chi connectivity index (χ2v) is 8.18. The number of hydrogen-bond acceptors (Lipinski definition) is 6. The van der Waals surface area contributed by atoms with Gasteiger partial charge in [-0.3, -0.25) is 28.9 Å². The molecule has 3 aromatic rings. The zero-order valence-corrected chi connectivity index (χ0v) is 18.4. The zero-order chi connectivity index (χ0) is 23.4. The summed E-state index contributed by atoms with van der Waals surface area (Å²) in [7, 11) is 0. The van der Waals surface area contributed by atoms with Gasteiger partial charge in [-0.25, -0.2) is 9.78 Å². The molecule has 2 amide bonds. The minimum atomic E-state index is -0.697. The number of H-pyrrole nitrogens is 1. The summed E-state index contributed by atoms with van der Waals surface area (Å²) in [6, 6.07) is 4.88. The molecule has 0 aromatic carbocycles. The van der Waals surface area contributed by atoms with Crippen LogP contribution >= 0.6 is 0 Å². The molecule has 0 atom stereocenters. The van der Waals surface area contributed by atoms with E-state index in [0.29, 0.717) is 17.9 Å². The fourth-order valence-corrected chi connectivity index (χ4v) is 3.20. The number of aromatic nitrogens is 4. The molecular formula is C22H26N6O4. The van der Waals surface area contributed by atoms with Gasteiger partial charge in [-0.2, -0.15) is 0 Å². The van der Waals surface area contributed by atoms with Crippen molar-refractivity contribution in [2.24, 2.45) is 5.92 Å². The first-order chi connectivity index (χ1) is 15.2. The number of amides is 2. The highest BCUT2D eigenvalue weighted by Gasteiger charge is 2.21. The summed E-state index contributed by atoms with van der Waals surface area (Å²) in [4.78, 5) is 61.0. The molecule has 3 rings (SSSR count). The van der Waals surface area contributed by atoms with E-state index in [0.717, 1.165) is 0 Å². The molecule has 0 aliphatic heterocycles. The summed E-state index contributed by atoms with van der Waals surface area (Å²) in [5.41, 5.74) is 0.00199. The molecule has 0 unspecified atom stereocenters. The maximum Gasteiger partial charge on any atom is 0.330 e. The molecule has 3 aromatic heterocycles. The number of anilines is 1. The van der Waals surface area contributed by atoms with E-state index in [1.807, 2.05) is 27.7 Å². The maximum atomic E-state index is 13.0. The van der Waals surface area contributed by atoms with Gasteiger partial charge in [0.15, 0.2) is 5.65 Å². The molecular weight excluding hydrogens is 412 g/mol. The van der Waals surface area contributed by atoms with Gasteiger partial charge in [0.1, 0.15) is 0 Å². The average Bonchev–Trinajstić information content (AvgIpc) is 2.74. The molecule has 0 saturated carbocycles. The van der Waals surface area contributed by atoms with Crippen molar-refractivity contribution in [1.29, 1.82) is 0 Å². The summed E-state index contributed by atoms with van der Waals surface area (Å²) in [6.45, 7) is 7.69. The molecule has 32 heavy (non-hydrogen) atoms. The second-order valence-electron chi connectivity index (χ2n) is 8.18. The number of carbonyl (C=O) groups excluding carboxylic acids is 2. The van der Waals surface area contributed by atoms with Crippen LogP contribution in [0.15, 0.2) is 40.2 Å². The molecule has 0 aliphatic carbocycles. The largest absolute Gasteiger partial charge is 0.343 e. The molecule has 0 fully saturated rings. The first kappa shape index (κ1) is 22.9. The van der Waals surface area contributed by atoms with Gasteiger partial charge in [-0.15, -0.1) is 0 Å². The number of nitrogens with zero attached hydrogens (tertiary/aromatic N) is 3. The topological polar surface area (TPSA) is 139 Å². The van der Waals surface area contributed by atoms with E-state index in [1.54, 1.807) is 18.3 Å². The molecule has 10 heteroatoms. The van der Waals surface area contributed by atoms with Crippen LogP contribution in [0.3, 0.4) is 0 Å². The number of carbonyl (C=O) groups is 2. The van der Waals surface area contributed by atoms with E-state index in [9.17, 15) is 19.2 Å². The Balaban J connectivity index is 1.99. The molecule has 3 heterocycles. The SMILES string of the molecule is CC(C)Cn1c(=O)[nH]c(=O)c2c(C(=O)NCC(=O)Nc3cccnc3)cc(C(C)C)nc21. The number of nitrogens with one attached hydrogen (secondary N) is 3. The third-order valence-electron chi connectivity index (χ3n) is 4.71. The van der Waals surface area contributed by atoms with Crippen LogP contribution in [0.1, 0.15) is 49.7 Å². The highest BCUT2D eigenvalue weighted by Crippen LogP contribution is 2.20. The summed E-state index contributed by atoms with van der Waals surface area (Å²) >= 11 is 0. The van der Waals surface area contributed by atoms with E-state index in [-0.39, 0.29) is 35.0 Å². The minimum absolute atomic E-state index is 0.0137. The quantitative estimate of drug-likeness (QED) is 0.512. The van der Waals surface area contributed by atoms with Gasteiger partial charge in [0.05, 0.1) is 29.4 Å². The number of aromatic amines is 1. The normalized spacial score (nSPS) is 11.2. The average molecular weight is 438 g/mol. The van der Waals surface area contributed by atoms with Crippen LogP contribution in [0.2, 0.25) is 0 Å². The van der Waals surface area contributed by atoms with Crippen LogP contribution < -0.4 is 21.9 Å². The van der Waals surface area contributed by atoms with E-state index in [4.69, 9.17) is 0 Å². The Bertz CT molecular complexity index is 1260. The van der Waals surface area contributed by atoms with Crippen LogP contribution in [0.5, 0.6) is 0 Å². The Hall–Kier alpha value is -3.82. The smallest absolute Gasteiger partial charge is 0.330 e. The van der Waals surface area contributed by atoms with Crippen molar-refractivity contribution in [3.8, 4) is 0 Å². The van der Waals surface area contributed by atoms with Gasteiger partial charge in [-0.1, -0.05) is 27.7 Å². The highest BCUT2D eigenvalue weighted by molar-refractivity contribution is 6.07. The summed E-state index contributed by atoms with van der Waals surface area (Å²) in [5.74, 6) is -0.998. The Labute approximate surface area is 184 Å². The van der Waals surface area contributed by atoms with Crippen molar-refractivity contribution in [2.75, 3.05) is 11.9 Å². The van der Waals surface area contributed by atoms with E-state index in [1.165, 1.54) is 16.8 Å². The van der Waals surface area contributed by atoms with E-state index >= 15 is 0 Å². The van der Waals surface area contributed by atoms with Crippen molar-refractivity contribution in [1.82, 2.24) is 24.8 Å². The Morgan fingerprint density at radius 3 is 2.56 bits per heavy atom. The Kier molecular flexibility index (Phi) is 6.82. The van der Waals surface area contributed by atoms with E-state index in [2.05, 4.69) is 25.6 Å².